The topological polar surface area (TPSA) is 0 Å². The Balaban J connectivity index is 2.58. The van der Waals surface area contributed by atoms with Gasteiger partial charge in [0.1, 0.15) is 5.82 Å². The predicted octanol–water partition coefficient (Wildman–Crippen LogP) is 3.78. The largest absolute Gasteiger partial charge is 0.205 e. The molecule has 0 amide bonds. The summed E-state index contributed by atoms with van der Waals surface area (Å²) in [6, 6.07) is 14.6. The highest BCUT2D eigenvalue weighted by Crippen LogP contribution is 2.25. The number of hydrogen-bond acceptors (Lipinski definition) is 1. The second-order valence-electron chi connectivity index (χ2n) is 3.00. The first-order chi connectivity index (χ1) is 6.79. The molecule has 0 aliphatic rings. The molecule has 2 rings (SSSR count). The van der Waals surface area contributed by atoms with E-state index in [-0.39, 0.29) is 5.82 Å². The summed E-state index contributed by atoms with van der Waals surface area (Å²) >= 11 is 4.04. The predicted molar refractivity (Wildman–Crippen MR) is 59.1 cm³/mol. The average Bonchev–Trinajstić information content (AvgIpc) is 2.23. The monoisotopic (exact) mass is 204 g/mol. The molecule has 0 unspecified atom stereocenters. The summed E-state index contributed by atoms with van der Waals surface area (Å²) in [6.45, 7) is 0. The SMILES string of the molecule is Fc1c(S)cccc1-c1ccccc1. The highest BCUT2D eigenvalue weighted by molar-refractivity contribution is 7.80. The van der Waals surface area contributed by atoms with Gasteiger partial charge in [-0.05, 0) is 11.6 Å². The lowest BCUT2D eigenvalue weighted by molar-refractivity contribution is 0.606. The normalized spacial score (nSPS) is 10.1. The Labute approximate surface area is 87.8 Å². The molecule has 2 aromatic carbocycles. The summed E-state index contributed by atoms with van der Waals surface area (Å²) in [5.74, 6) is -0.262. The van der Waals surface area contributed by atoms with Crippen molar-refractivity contribution in [2.24, 2.45) is 0 Å². The van der Waals surface area contributed by atoms with Gasteiger partial charge in [0, 0.05) is 10.5 Å². The Morgan fingerprint density at radius 2 is 1.57 bits per heavy atom. The van der Waals surface area contributed by atoms with E-state index in [4.69, 9.17) is 0 Å². The Kier molecular flexibility index (Phi) is 2.55. The second-order valence-corrected chi connectivity index (χ2v) is 3.49. The second kappa shape index (κ2) is 3.84. The first-order valence-electron chi connectivity index (χ1n) is 4.32. The van der Waals surface area contributed by atoms with E-state index in [9.17, 15) is 4.39 Å². The molecular formula is C12H9FS. The minimum atomic E-state index is -0.262. The van der Waals surface area contributed by atoms with Gasteiger partial charge in [-0.25, -0.2) is 4.39 Å². The number of benzene rings is 2. The molecule has 2 aromatic rings. The molecule has 0 aliphatic heterocycles. The summed E-state index contributed by atoms with van der Waals surface area (Å²) in [6.07, 6.45) is 0. The Hall–Kier alpha value is -1.28. The lowest BCUT2D eigenvalue weighted by atomic mass is 10.1. The highest BCUT2D eigenvalue weighted by Gasteiger charge is 2.06. The van der Waals surface area contributed by atoms with Crippen molar-refractivity contribution >= 4 is 12.6 Å². The molecule has 0 bridgehead atoms. The molecule has 0 fully saturated rings. The van der Waals surface area contributed by atoms with Crippen molar-refractivity contribution in [2.45, 2.75) is 4.90 Å². The number of thiol groups is 1. The standard InChI is InChI=1S/C12H9FS/c13-12-10(7-4-8-11(12)14)9-5-2-1-3-6-9/h1-8,14H. The van der Waals surface area contributed by atoms with Crippen LogP contribution in [0.25, 0.3) is 11.1 Å². The van der Waals surface area contributed by atoms with Crippen molar-refractivity contribution in [1.29, 1.82) is 0 Å². The Morgan fingerprint density at radius 3 is 2.29 bits per heavy atom. The maximum Gasteiger partial charge on any atom is 0.144 e. The van der Waals surface area contributed by atoms with Gasteiger partial charge in [0.2, 0.25) is 0 Å². The third kappa shape index (κ3) is 1.66. The third-order valence-electron chi connectivity index (χ3n) is 2.06. The van der Waals surface area contributed by atoms with Crippen LogP contribution in [-0.4, -0.2) is 0 Å². The molecule has 0 N–H and O–H groups in total. The molecule has 0 saturated carbocycles. The van der Waals surface area contributed by atoms with Crippen LogP contribution in [-0.2, 0) is 0 Å². The van der Waals surface area contributed by atoms with E-state index in [0.29, 0.717) is 10.5 Å². The molecule has 0 saturated heterocycles. The van der Waals surface area contributed by atoms with Crippen LogP contribution < -0.4 is 0 Å². The minimum absolute atomic E-state index is 0.262. The van der Waals surface area contributed by atoms with E-state index in [0.717, 1.165) is 5.56 Å². The van der Waals surface area contributed by atoms with Gasteiger partial charge in [-0.2, -0.15) is 0 Å². The van der Waals surface area contributed by atoms with Gasteiger partial charge >= 0.3 is 0 Å². The van der Waals surface area contributed by atoms with Crippen molar-refractivity contribution in [3.63, 3.8) is 0 Å². The van der Waals surface area contributed by atoms with Gasteiger partial charge < -0.3 is 0 Å². The smallest absolute Gasteiger partial charge is 0.144 e. The number of hydrogen-bond donors (Lipinski definition) is 1. The van der Waals surface area contributed by atoms with Crippen molar-refractivity contribution in [3.05, 3.63) is 54.3 Å². The maximum atomic E-state index is 13.6. The van der Waals surface area contributed by atoms with Crippen LogP contribution in [0.5, 0.6) is 0 Å². The molecule has 0 radical (unpaired) electrons. The van der Waals surface area contributed by atoms with Crippen LogP contribution >= 0.6 is 12.6 Å². The van der Waals surface area contributed by atoms with Crippen LogP contribution in [0.2, 0.25) is 0 Å². The number of halogens is 1. The first-order valence-corrected chi connectivity index (χ1v) is 4.76. The molecule has 0 heterocycles. The van der Waals surface area contributed by atoms with E-state index < -0.39 is 0 Å². The molecule has 0 aromatic heterocycles. The van der Waals surface area contributed by atoms with Crippen LogP contribution in [0, 0.1) is 5.82 Å². The molecule has 0 atom stereocenters. The Bertz CT molecular complexity index is 437. The van der Waals surface area contributed by atoms with Gasteiger partial charge in [0.25, 0.3) is 0 Å². The summed E-state index contributed by atoms with van der Waals surface area (Å²) in [5, 5.41) is 0. The van der Waals surface area contributed by atoms with Gasteiger partial charge in [-0.3, -0.25) is 0 Å². The zero-order chi connectivity index (χ0) is 9.97. The lowest BCUT2D eigenvalue weighted by Gasteiger charge is -2.04. The van der Waals surface area contributed by atoms with Crippen LogP contribution in [0.3, 0.4) is 0 Å². The summed E-state index contributed by atoms with van der Waals surface area (Å²) < 4.78 is 13.6. The fourth-order valence-corrected chi connectivity index (χ4v) is 1.57. The molecule has 0 spiro atoms. The lowest BCUT2D eigenvalue weighted by Crippen LogP contribution is -1.84. The first kappa shape index (κ1) is 9.28. The zero-order valence-electron chi connectivity index (χ0n) is 7.44. The molecule has 2 heteroatoms. The highest BCUT2D eigenvalue weighted by atomic mass is 32.1. The van der Waals surface area contributed by atoms with Gasteiger partial charge in [0.05, 0.1) is 0 Å². The van der Waals surface area contributed by atoms with Crippen molar-refractivity contribution in [1.82, 2.24) is 0 Å². The summed E-state index contributed by atoms with van der Waals surface area (Å²) in [4.78, 5) is 0.381. The van der Waals surface area contributed by atoms with Crippen LogP contribution in [0.1, 0.15) is 0 Å². The molecular weight excluding hydrogens is 195 g/mol. The van der Waals surface area contributed by atoms with Gasteiger partial charge in [-0.1, -0.05) is 42.5 Å². The summed E-state index contributed by atoms with van der Waals surface area (Å²) in [7, 11) is 0. The number of rotatable bonds is 1. The van der Waals surface area contributed by atoms with E-state index in [1.54, 1.807) is 18.2 Å². The molecule has 0 aliphatic carbocycles. The molecule has 0 nitrogen and oxygen atoms in total. The van der Waals surface area contributed by atoms with Gasteiger partial charge in [-0.15, -0.1) is 12.6 Å². The minimum Gasteiger partial charge on any atom is -0.205 e. The van der Waals surface area contributed by atoms with E-state index in [1.807, 2.05) is 30.3 Å². The average molecular weight is 204 g/mol. The zero-order valence-corrected chi connectivity index (χ0v) is 8.34. The van der Waals surface area contributed by atoms with Crippen LogP contribution in [0.4, 0.5) is 4.39 Å². The Morgan fingerprint density at radius 1 is 0.857 bits per heavy atom. The van der Waals surface area contributed by atoms with Crippen molar-refractivity contribution in [2.75, 3.05) is 0 Å². The quantitative estimate of drug-likeness (QED) is 0.671. The maximum absolute atomic E-state index is 13.6. The van der Waals surface area contributed by atoms with Crippen molar-refractivity contribution < 1.29 is 4.39 Å². The fourth-order valence-electron chi connectivity index (χ4n) is 1.36. The van der Waals surface area contributed by atoms with Crippen LogP contribution in [0.15, 0.2) is 53.4 Å². The molecule has 14 heavy (non-hydrogen) atoms. The molecule has 70 valence electrons. The van der Waals surface area contributed by atoms with Crippen molar-refractivity contribution in [3.8, 4) is 11.1 Å². The summed E-state index contributed by atoms with van der Waals surface area (Å²) in [5.41, 5.74) is 1.47. The van der Waals surface area contributed by atoms with E-state index in [2.05, 4.69) is 12.6 Å². The van der Waals surface area contributed by atoms with E-state index in [1.165, 1.54) is 0 Å². The third-order valence-corrected chi connectivity index (χ3v) is 2.41. The van der Waals surface area contributed by atoms with E-state index >= 15 is 0 Å². The van der Waals surface area contributed by atoms with Gasteiger partial charge in [0.15, 0.2) is 0 Å². The fraction of sp³-hybridized carbons (Fsp3) is 0.